The minimum Gasteiger partial charge on any atom is -0.455 e. The molecular weight excluding hydrogens is 757 g/mol. The second-order valence-electron chi connectivity index (χ2n) is 14.7. The van der Waals surface area contributed by atoms with Gasteiger partial charge in [0.05, 0.1) is 33.2 Å². The van der Waals surface area contributed by atoms with Crippen molar-refractivity contribution in [2.45, 2.75) is 0 Å². The Morgan fingerprint density at radius 2 is 1.00 bits per heavy atom. The van der Waals surface area contributed by atoms with E-state index in [1.807, 2.05) is 72.8 Å². The lowest BCUT2D eigenvalue weighted by Gasteiger charge is -2.15. The highest BCUT2D eigenvalue weighted by atomic mass is 16.3. The van der Waals surface area contributed by atoms with Gasteiger partial charge in [-0.25, -0.2) is 15.0 Å². The second kappa shape index (κ2) is 14.7. The van der Waals surface area contributed by atoms with Gasteiger partial charge in [-0.1, -0.05) is 176 Å². The molecule has 0 bridgehead atoms. The molecule has 62 heavy (non-hydrogen) atoms. The lowest BCUT2D eigenvalue weighted by Crippen LogP contribution is -2.03. The lowest BCUT2D eigenvalue weighted by molar-refractivity contribution is 0.670. The van der Waals surface area contributed by atoms with Crippen molar-refractivity contribution in [2.24, 2.45) is 0 Å². The number of fused-ring (bicyclic) bond motifs is 6. The van der Waals surface area contributed by atoms with E-state index in [0.29, 0.717) is 33.5 Å². The highest BCUT2D eigenvalue weighted by Crippen LogP contribution is 2.40. The van der Waals surface area contributed by atoms with E-state index in [1.54, 1.807) is 48.5 Å². The zero-order chi connectivity index (χ0) is 51.4. The molecule has 0 fully saturated rings. The first-order valence-corrected chi connectivity index (χ1v) is 19.9. The van der Waals surface area contributed by atoms with Crippen molar-refractivity contribution >= 4 is 43.7 Å². The molecule has 0 unspecified atom stereocenters. The zero-order valence-electron chi connectivity index (χ0n) is 44.6. The third-order valence-electron chi connectivity index (χ3n) is 11.1. The van der Waals surface area contributed by atoms with Gasteiger partial charge in [-0.2, -0.15) is 0 Å². The predicted octanol–water partition coefficient (Wildman–Crippen LogP) is 14.9. The standard InChI is InChI=1S/C57H36N4O/c1-3-15-37(16-4-1)39-29-31-40(32-30-39)55-58-56(60-57(59-55)48-23-9-12-28-52(48)61-50-26-10-7-21-45(50)46-22-8-11-27-51(46)61)43-20-13-19-42(35-43)44-24-14-25-47-49-36-41(38-17-5-2-6-18-38)33-34-53(49)62-54(44)47/h1-36H/i1D,3D,4D,7D,8D,10D,15D,16D,21D,22D,26D,27D. The van der Waals surface area contributed by atoms with Crippen molar-refractivity contribution in [1.82, 2.24) is 19.5 Å². The van der Waals surface area contributed by atoms with Gasteiger partial charge in [0.15, 0.2) is 17.5 Å². The number of nitrogens with zero attached hydrogens (tertiary/aromatic N) is 4. The Morgan fingerprint density at radius 1 is 0.371 bits per heavy atom. The Bertz CT molecular complexity index is 4320. The summed E-state index contributed by atoms with van der Waals surface area (Å²) in [7, 11) is 0. The molecule has 0 saturated carbocycles. The number of benzene rings is 9. The van der Waals surface area contributed by atoms with Gasteiger partial charge < -0.3 is 8.98 Å². The smallest absolute Gasteiger partial charge is 0.166 e. The summed E-state index contributed by atoms with van der Waals surface area (Å²) >= 11 is 0. The van der Waals surface area contributed by atoms with Crippen molar-refractivity contribution < 1.29 is 20.9 Å². The molecule has 12 aromatic rings. The van der Waals surface area contributed by atoms with Crippen LogP contribution in [0.15, 0.2) is 223 Å². The molecule has 0 saturated heterocycles. The fourth-order valence-corrected chi connectivity index (χ4v) is 8.16. The van der Waals surface area contributed by atoms with Crippen LogP contribution in [-0.4, -0.2) is 19.5 Å². The van der Waals surface area contributed by atoms with Crippen molar-refractivity contribution in [3.05, 3.63) is 218 Å². The quantitative estimate of drug-likeness (QED) is 0.161. The van der Waals surface area contributed by atoms with E-state index in [2.05, 4.69) is 18.2 Å². The maximum atomic E-state index is 9.19. The molecule has 9 aromatic carbocycles. The fraction of sp³-hybridized carbons (Fsp3) is 0. The van der Waals surface area contributed by atoms with E-state index in [-0.39, 0.29) is 75.1 Å². The average Bonchev–Trinajstić information content (AvgIpc) is 4.01. The molecule has 5 nitrogen and oxygen atoms in total. The molecule has 0 aliphatic rings. The molecule has 0 spiro atoms. The summed E-state index contributed by atoms with van der Waals surface area (Å²) in [6.07, 6.45) is 0. The maximum Gasteiger partial charge on any atom is 0.166 e. The van der Waals surface area contributed by atoms with Crippen molar-refractivity contribution in [1.29, 1.82) is 0 Å². The zero-order valence-corrected chi connectivity index (χ0v) is 32.6. The first kappa shape index (κ1) is 25.3. The summed E-state index contributed by atoms with van der Waals surface area (Å²) < 4.78 is 112. The van der Waals surface area contributed by atoms with Gasteiger partial charge in [-0.3, -0.25) is 0 Å². The molecule has 0 aliphatic carbocycles. The van der Waals surface area contributed by atoms with Gasteiger partial charge in [0.2, 0.25) is 0 Å². The fourth-order valence-electron chi connectivity index (χ4n) is 8.16. The van der Waals surface area contributed by atoms with E-state index < -0.39 is 42.3 Å². The highest BCUT2D eigenvalue weighted by Gasteiger charge is 2.20. The number of hydrogen-bond acceptors (Lipinski definition) is 4. The van der Waals surface area contributed by atoms with Gasteiger partial charge in [0.1, 0.15) is 11.2 Å². The molecule has 3 heterocycles. The van der Waals surface area contributed by atoms with Crippen LogP contribution in [0, 0.1) is 0 Å². The molecule has 0 radical (unpaired) electrons. The summed E-state index contributed by atoms with van der Waals surface area (Å²) in [4.78, 5) is 15.2. The van der Waals surface area contributed by atoms with Gasteiger partial charge in [0, 0.05) is 43.8 Å². The van der Waals surface area contributed by atoms with E-state index >= 15 is 0 Å². The monoisotopic (exact) mass is 804 g/mol. The molecule has 3 aromatic heterocycles. The number of para-hydroxylation sites is 4. The molecule has 0 atom stereocenters. The predicted molar refractivity (Wildman–Crippen MR) is 254 cm³/mol. The highest BCUT2D eigenvalue weighted by molar-refractivity contribution is 6.11. The van der Waals surface area contributed by atoms with Crippen LogP contribution in [0.2, 0.25) is 0 Å². The average molecular weight is 805 g/mol. The van der Waals surface area contributed by atoms with Gasteiger partial charge >= 0.3 is 0 Å². The van der Waals surface area contributed by atoms with E-state index in [9.17, 15) is 1.37 Å². The van der Waals surface area contributed by atoms with Crippen molar-refractivity contribution in [3.63, 3.8) is 0 Å². The summed E-state index contributed by atoms with van der Waals surface area (Å²) in [5.41, 5.74) is 7.52. The Labute approximate surface area is 374 Å². The molecule has 0 N–H and O–H groups in total. The largest absolute Gasteiger partial charge is 0.455 e. The second-order valence-corrected chi connectivity index (χ2v) is 14.7. The number of hydrogen-bond donors (Lipinski definition) is 0. The van der Waals surface area contributed by atoms with Crippen LogP contribution in [0.25, 0.3) is 117 Å². The minimum atomic E-state index is -0.517. The molecular formula is C57H36N4O. The molecule has 12 rings (SSSR count). The van der Waals surface area contributed by atoms with E-state index in [1.165, 1.54) is 10.6 Å². The number of aromatic nitrogens is 4. The molecule has 5 heteroatoms. The Balaban J connectivity index is 1.07. The SMILES string of the molecule is [2H]c1cc([2H])c2c(c1[2H])c1c([2H])c([2H])c([2H])c([2H])c1n2-c1ccccc1-c1nc(-c2ccc(-c3c([2H])c([2H])c([2H])c([2H])c3[2H])cc2)nc(-c2cccc(-c3cccc4c3oc3ccc(-c5ccccc5)cc34)c2)n1. The number of furan rings is 1. The van der Waals surface area contributed by atoms with Crippen LogP contribution in [0.3, 0.4) is 0 Å². The minimum absolute atomic E-state index is 0.00226. The first-order valence-electron chi connectivity index (χ1n) is 25.9. The Morgan fingerprint density at radius 3 is 1.87 bits per heavy atom. The van der Waals surface area contributed by atoms with Crippen LogP contribution >= 0.6 is 0 Å². The number of rotatable bonds is 7. The third-order valence-corrected chi connectivity index (χ3v) is 11.1. The molecule has 0 aliphatic heterocycles. The Hall–Kier alpha value is -8.41. The van der Waals surface area contributed by atoms with E-state index in [0.717, 1.165) is 38.6 Å². The molecule has 290 valence electrons. The summed E-state index contributed by atoms with van der Waals surface area (Å²) in [6, 6.07) is 40.2. The summed E-state index contributed by atoms with van der Waals surface area (Å²) in [5.74, 6) is 0.585. The van der Waals surface area contributed by atoms with Crippen LogP contribution in [0.1, 0.15) is 16.4 Å². The van der Waals surface area contributed by atoms with Crippen LogP contribution in [-0.2, 0) is 0 Å². The van der Waals surface area contributed by atoms with Crippen LogP contribution < -0.4 is 0 Å². The van der Waals surface area contributed by atoms with Crippen LogP contribution in [0.5, 0.6) is 0 Å². The normalized spacial score (nSPS) is 14.3. The topological polar surface area (TPSA) is 56.7 Å². The van der Waals surface area contributed by atoms with Crippen molar-refractivity contribution in [2.75, 3.05) is 0 Å². The lowest BCUT2D eigenvalue weighted by atomic mass is 9.99. The Kier molecular flexibility index (Phi) is 5.99. The molecule has 0 amide bonds. The third kappa shape index (κ3) is 6.06. The van der Waals surface area contributed by atoms with Gasteiger partial charge in [-0.15, -0.1) is 0 Å². The van der Waals surface area contributed by atoms with Gasteiger partial charge in [-0.05, 0) is 70.2 Å². The van der Waals surface area contributed by atoms with Crippen LogP contribution in [0.4, 0.5) is 0 Å². The summed E-state index contributed by atoms with van der Waals surface area (Å²) in [6.45, 7) is 0. The summed E-state index contributed by atoms with van der Waals surface area (Å²) in [5, 5.41) is 1.94. The van der Waals surface area contributed by atoms with Gasteiger partial charge in [0.25, 0.3) is 0 Å². The van der Waals surface area contributed by atoms with E-state index in [4.69, 9.17) is 34.4 Å². The first-order chi connectivity index (χ1) is 35.7. The maximum absolute atomic E-state index is 9.19. The van der Waals surface area contributed by atoms with Crippen molar-refractivity contribution in [3.8, 4) is 73.2 Å².